The second-order valence-electron chi connectivity index (χ2n) is 3.13. The van der Waals surface area contributed by atoms with E-state index in [2.05, 4.69) is 0 Å². The Labute approximate surface area is 85.3 Å². The monoisotopic (exact) mass is 220 g/mol. The van der Waals surface area contributed by atoms with Crippen molar-refractivity contribution < 1.29 is 23.0 Å². The fourth-order valence-corrected chi connectivity index (χ4v) is 1.24. The van der Waals surface area contributed by atoms with Crippen LogP contribution >= 0.6 is 0 Å². The molecule has 0 aliphatic rings. The van der Waals surface area contributed by atoms with Crippen molar-refractivity contribution in [3.05, 3.63) is 29.3 Å². The van der Waals surface area contributed by atoms with E-state index in [1.807, 2.05) is 0 Å². The number of aliphatic hydroxyl groups is 1. The van der Waals surface area contributed by atoms with Crippen LogP contribution in [0.1, 0.15) is 24.2 Å². The van der Waals surface area contributed by atoms with Crippen molar-refractivity contribution in [2.45, 2.75) is 19.2 Å². The Morgan fingerprint density at radius 2 is 1.93 bits per heavy atom. The maximum atomic E-state index is 12.3. The Kier molecular flexibility index (Phi) is 3.24. The number of alkyl halides is 3. The second kappa shape index (κ2) is 4.10. The molecule has 0 saturated carbocycles. The minimum absolute atomic E-state index is 0.132. The first-order valence-corrected chi connectivity index (χ1v) is 4.29. The summed E-state index contributed by atoms with van der Waals surface area (Å²) in [5.74, 6) is 0.248. The van der Waals surface area contributed by atoms with Gasteiger partial charge in [-0.3, -0.25) is 0 Å². The zero-order valence-electron chi connectivity index (χ0n) is 8.30. The highest BCUT2D eigenvalue weighted by atomic mass is 19.4. The number of methoxy groups -OCH3 is 1. The third kappa shape index (κ3) is 2.62. The Bertz CT molecular complexity index is 345. The highest BCUT2D eigenvalue weighted by Gasteiger charge is 2.31. The lowest BCUT2D eigenvalue weighted by Gasteiger charge is -2.14. The molecule has 0 aromatic heterocycles. The molecule has 2 nitrogen and oxygen atoms in total. The minimum Gasteiger partial charge on any atom is -0.496 e. The van der Waals surface area contributed by atoms with Gasteiger partial charge in [-0.05, 0) is 25.1 Å². The van der Waals surface area contributed by atoms with Gasteiger partial charge in [-0.1, -0.05) is 0 Å². The van der Waals surface area contributed by atoms with Crippen LogP contribution in [0.4, 0.5) is 13.2 Å². The van der Waals surface area contributed by atoms with Crippen molar-refractivity contribution in [3.63, 3.8) is 0 Å². The standard InChI is InChI=1S/C10H11F3O2/c1-6(14)8-5-7(10(11,12)13)3-4-9(8)15-2/h3-6,14H,1-2H3. The highest BCUT2D eigenvalue weighted by molar-refractivity contribution is 5.39. The first-order chi connectivity index (χ1) is 6.86. The van der Waals surface area contributed by atoms with E-state index in [1.54, 1.807) is 0 Å². The Morgan fingerprint density at radius 3 is 2.33 bits per heavy atom. The molecule has 0 aliphatic carbocycles. The number of halogens is 3. The fourth-order valence-electron chi connectivity index (χ4n) is 1.24. The van der Waals surface area contributed by atoms with Gasteiger partial charge in [0, 0.05) is 5.56 Å². The van der Waals surface area contributed by atoms with Crippen molar-refractivity contribution >= 4 is 0 Å². The second-order valence-corrected chi connectivity index (χ2v) is 3.13. The predicted octanol–water partition coefficient (Wildman–Crippen LogP) is 2.77. The van der Waals surface area contributed by atoms with Crippen LogP contribution in [0.3, 0.4) is 0 Å². The lowest BCUT2D eigenvalue weighted by Crippen LogP contribution is -2.07. The van der Waals surface area contributed by atoms with Gasteiger partial charge >= 0.3 is 6.18 Å². The molecule has 84 valence electrons. The van der Waals surface area contributed by atoms with Gasteiger partial charge in [0.2, 0.25) is 0 Å². The lowest BCUT2D eigenvalue weighted by molar-refractivity contribution is -0.137. The highest BCUT2D eigenvalue weighted by Crippen LogP contribution is 2.34. The van der Waals surface area contributed by atoms with Gasteiger partial charge in [0.1, 0.15) is 5.75 Å². The first-order valence-electron chi connectivity index (χ1n) is 4.29. The summed E-state index contributed by atoms with van der Waals surface area (Å²) in [4.78, 5) is 0. The molecule has 1 N–H and O–H groups in total. The van der Waals surface area contributed by atoms with Crippen LogP contribution in [0.15, 0.2) is 18.2 Å². The maximum Gasteiger partial charge on any atom is 0.416 e. The van der Waals surface area contributed by atoms with E-state index in [1.165, 1.54) is 20.1 Å². The van der Waals surface area contributed by atoms with Gasteiger partial charge < -0.3 is 9.84 Å². The summed E-state index contributed by atoms with van der Waals surface area (Å²) in [5, 5.41) is 9.28. The average molecular weight is 220 g/mol. The molecule has 0 aliphatic heterocycles. The van der Waals surface area contributed by atoms with Gasteiger partial charge in [0.15, 0.2) is 0 Å². The van der Waals surface area contributed by atoms with Crippen molar-refractivity contribution in [3.8, 4) is 5.75 Å². The molecule has 5 heteroatoms. The predicted molar refractivity (Wildman–Crippen MR) is 48.6 cm³/mol. The minimum atomic E-state index is -4.41. The smallest absolute Gasteiger partial charge is 0.416 e. The molecule has 0 heterocycles. The summed E-state index contributed by atoms with van der Waals surface area (Å²) in [6.45, 7) is 1.39. The van der Waals surface area contributed by atoms with Gasteiger partial charge in [-0.2, -0.15) is 13.2 Å². The molecule has 1 aromatic rings. The molecule has 0 fully saturated rings. The van der Waals surface area contributed by atoms with Crippen molar-refractivity contribution in [2.75, 3.05) is 7.11 Å². The van der Waals surface area contributed by atoms with Crippen molar-refractivity contribution in [1.82, 2.24) is 0 Å². The van der Waals surface area contributed by atoms with E-state index < -0.39 is 17.8 Å². The SMILES string of the molecule is COc1ccc(C(F)(F)F)cc1C(C)O. The van der Waals surface area contributed by atoms with Gasteiger partial charge in [-0.25, -0.2) is 0 Å². The van der Waals surface area contributed by atoms with Crippen LogP contribution in [0.5, 0.6) is 5.75 Å². The summed E-state index contributed by atoms with van der Waals surface area (Å²) in [6.07, 6.45) is -5.40. The largest absolute Gasteiger partial charge is 0.496 e. The molecule has 1 aromatic carbocycles. The molecule has 1 unspecified atom stereocenters. The van der Waals surface area contributed by atoms with Gasteiger partial charge in [-0.15, -0.1) is 0 Å². The lowest BCUT2D eigenvalue weighted by atomic mass is 10.1. The van der Waals surface area contributed by atoms with Crippen molar-refractivity contribution in [2.24, 2.45) is 0 Å². The fraction of sp³-hybridized carbons (Fsp3) is 0.400. The molecule has 0 spiro atoms. The van der Waals surface area contributed by atoms with E-state index in [0.29, 0.717) is 0 Å². The van der Waals surface area contributed by atoms with Crippen LogP contribution in [0, 0.1) is 0 Å². The number of aliphatic hydroxyl groups excluding tert-OH is 1. The summed E-state index contributed by atoms with van der Waals surface area (Å²) >= 11 is 0. The normalized spacial score (nSPS) is 13.7. The third-order valence-corrected chi connectivity index (χ3v) is 2.01. The number of hydrogen-bond acceptors (Lipinski definition) is 2. The Morgan fingerprint density at radius 1 is 1.33 bits per heavy atom. The molecule has 0 bridgehead atoms. The summed E-state index contributed by atoms with van der Waals surface area (Å²) in [7, 11) is 1.34. The Balaban J connectivity index is 3.22. The number of ether oxygens (including phenoxy) is 1. The summed E-state index contributed by atoms with van der Waals surface area (Å²) < 4.78 is 41.9. The third-order valence-electron chi connectivity index (χ3n) is 2.01. The molecule has 15 heavy (non-hydrogen) atoms. The van der Waals surface area contributed by atoms with E-state index in [9.17, 15) is 18.3 Å². The zero-order valence-corrected chi connectivity index (χ0v) is 8.30. The van der Waals surface area contributed by atoms with Crippen LogP contribution in [0.25, 0.3) is 0 Å². The number of hydrogen-bond donors (Lipinski definition) is 1. The Hall–Kier alpha value is -1.23. The first kappa shape index (κ1) is 11.8. The number of rotatable bonds is 2. The summed E-state index contributed by atoms with van der Waals surface area (Å²) in [5.41, 5.74) is -0.661. The molecule has 1 rings (SSSR count). The summed E-state index contributed by atoms with van der Waals surface area (Å²) in [6, 6.07) is 3.01. The molecule has 0 saturated heterocycles. The maximum absolute atomic E-state index is 12.3. The molecular formula is C10H11F3O2. The van der Waals surface area contributed by atoms with Crippen LogP contribution in [-0.4, -0.2) is 12.2 Å². The molecular weight excluding hydrogens is 209 g/mol. The number of benzene rings is 1. The van der Waals surface area contributed by atoms with Gasteiger partial charge in [0.05, 0.1) is 18.8 Å². The topological polar surface area (TPSA) is 29.5 Å². The van der Waals surface area contributed by atoms with Crippen molar-refractivity contribution in [1.29, 1.82) is 0 Å². The average Bonchev–Trinajstić information content (AvgIpc) is 2.15. The van der Waals surface area contributed by atoms with Crippen LogP contribution in [0.2, 0.25) is 0 Å². The molecule has 0 radical (unpaired) electrons. The molecule has 1 atom stereocenters. The van der Waals surface area contributed by atoms with Crippen LogP contribution in [-0.2, 0) is 6.18 Å². The quantitative estimate of drug-likeness (QED) is 0.830. The van der Waals surface area contributed by atoms with E-state index >= 15 is 0 Å². The zero-order chi connectivity index (χ0) is 11.6. The van der Waals surface area contributed by atoms with E-state index in [-0.39, 0.29) is 11.3 Å². The van der Waals surface area contributed by atoms with Gasteiger partial charge in [0.25, 0.3) is 0 Å². The van der Waals surface area contributed by atoms with Crippen LogP contribution < -0.4 is 4.74 Å². The van der Waals surface area contributed by atoms with E-state index in [0.717, 1.165) is 12.1 Å². The molecule has 0 amide bonds. The van der Waals surface area contributed by atoms with E-state index in [4.69, 9.17) is 4.74 Å².